The number of urea groups is 1. The van der Waals surface area contributed by atoms with Gasteiger partial charge in [-0.3, -0.25) is 0 Å². The molecule has 1 aliphatic heterocycles. The fraction of sp³-hybridized carbons (Fsp3) is 0.750. The Hall–Kier alpha value is -0.950. The number of nitriles is 1. The van der Waals surface area contributed by atoms with E-state index in [0.717, 1.165) is 13.0 Å². The Balaban J connectivity index is 2.50. The van der Waals surface area contributed by atoms with Gasteiger partial charge in [0, 0.05) is 20.1 Å². The standard InChI is InChI=1S/C8H12ClN3O/c1-11-3-2-4-12(8(11)13)6-7(9)5-10/h7H,2-4,6H2,1H3. The number of hydrogen-bond donors (Lipinski definition) is 0. The molecule has 0 aromatic heterocycles. The maximum atomic E-state index is 11.5. The second kappa shape index (κ2) is 4.33. The Morgan fingerprint density at radius 3 is 3.00 bits per heavy atom. The van der Waals surface area contributed by atoms with E-state index >= 15 is 0 Å². The van der Waals surface area contributed by atoms with Gasteiger partial charge in [-0.25, -0.2) is 4.79 Å². The lowest BCUT2D eigenvalue weighted by Gasteiger charge is -2.33. The van der Waals surface area contributed by atoms with Gasteiger partial charge < -0.3 is 9.80 Å². The number of carbonyl (C=O) groups excluding carboxylic acids is 1. The van der Waals surface area contributed by atoms with Crippen molar-refractivity contribution in [1.82, 2.24) is 9.80 Å². The lowest BCUT2D eigenvalue weighted by atomic mass is 10.3. The highest BCUT2D eigenvalue weighted by Crippen LogP contribution is 2.09. The van der Waals surface area contributed by atoms with Gasteiger partial charge in [0.2, 0.25) is 0 Å². The van der Waals surface area contributed by atoms with E-state index in [2.05, 4.69) is 0 Å². The largest absolute Gasteiger partial charge is 0.328 e. The summed E-state index contributed by atoms with van der Waals surface area (Å²) in [5.41, 5.74) is 0. The third kappa shape index (κ3) is 2.49. The summed E-state index contributed by atoms with van der Waals surface area (Å²) in [4.78, 5) is 14.7. The molecule has 0 saturated carbocycles. The van der Waals surface area contributed by atoms with Gasteiger partial charge >= 0.3 is 6.03 Å². The highest BCUT2D eigenvalue weighted by Gasteiger charge is 2.24. The van der Waals surface area contributed by atoms with E-state index in [0.29, 0.717) is 13.1 Å². The summed E-state index contributed by atoms with van der Waals surface area (Å²) in [5.74, 6) is 0. The van der Waals surface area contributed by atoms with Gasteiger partial charge in [-0.05, 0) is 6.42 Å². The molecule has 0 aliphatic carbocycles. The SMILES string of the molecule is CN1CCCN(CC(Cl)C#N)C1=O. The summed E-state index contributed by atoms with van der Waals surface area (Å²) < 4.78 is 0. The molecule has 1 saturated heterocycles. The van der Waals surface area contributed by atoms with Crippen LogP contribution in [0.5, 0.6) is 0 Å². The minimum atomic E-state index is -0.601. The molecule has 5 heteroatoms. The van der Waals surface area contributed by atoms with E-state index in [9.17, 15) is 4.79 Å². The lowest BCUT2D eigenvalue weighted by Crippen LogP contribution is -2.49. The van der Waals surface area contributed by atoms with Crippen molar-refractivity contribution in [2.45, 2.75) is 11.8 Å². The van der Waals surface area contributed by atoms with Crippen molar-refractivity contribution in [1.29, 1.82) is 5.26 Å². The van der Waals surface area contributed by atoms with Gasteiger partial charge in [0.15, 0.2) is 0 Å². The second-order valence-electron chi connectivity index (χ2n) is 3.10. The van der Waals surface area contributed by atoms with Crippen molar-refractivity contribution in [2.24, 2.45) is 0 Å². The first-order valence-electron chi connectivity index (χ1n) is 4.19. The molecule has 0 bridgehead atoms. The van der Waals surface area contributed by atoms with Gasteiger partial charge in [0.1, 0.15) is 5.38 Å². The van der Waals surface area contributed by atoms with Crippen LogP contribution in [0.1, 0.15) is 6.42 Å². The number of nitrogens with zero attached hydrogens (tertiary/aromatic N) is 3. The first-order chi connectivity index (χ1) is 6.15. The van der Waals surface area contributed by atoms with Crippen LogP contribution < -0.4 is 0 Å². The molecule has 0 spiro atoms. The van der Waals surface area contributed by atoms with Crippen molar-refractivity contribution in [3.8, 4) is 6.07 Å². The van der Waals surface area contributed by atoms with Crippen LogP contribution in [0.25, 0.3) is 0 Å². The van der Waals surface area contributed by atoms with Crippen molar-refractivity contribution >= 4 is 17.6 Å². The fourth-order valence-corrected chi connectivity index (χ4v) is 1.50. The summed E-state index contributed by atoms with van der Waals surface area (Å²) in [6.07, 6.45) is 0.942. The summed E-state index contributed by atoms with van der Waals surface area (Å²) in [6.45, 7) is 1.81. The quantitative estimate of drug-likeness (QED) is 0.623. The molecule has 13 heavy (non-hydrogen) atoms. The molecule has 1 heterocycles. The van der Waals surface area contributed by atoms with E-state index in [1.807, 2.05) is 6.07 Å². The zero-order valence-corrected chi connectivity index (χ0v) is 8.29. The highest BCUT2D eigenvalue weighted by atomic mass is 35.5. The Morgan fingerprint density at radius 1 is 1.69 bits per heavy atom. The van der Waals surface area contributed by atoms with E-state index in [1.54, 1.807) is 16.8 Å². The molecule has 4 nitrogen and oxygen atoms in total. The number of halogens is 1. The number of amides is 2. The van der Waals surface area contributed by atoms with Crippen LogP contribution in [0.4, 0.5) is 4.79 Å². The van der Waals surface area contributed by atoms with E-state index in [-0.39, 0.29) is 6.03 Å². The average molecular weight is 202 g/mol. The zero-order valence-electron chi connectivity index (χ0n) is 7.53. The first kappa shape index (κ1) is 10.1. The predicted octanol–water partition coefficient (Wildman–Crippen LogP) is 0.875. The molecule has 1 rings (SSSR count). The summed E-state index contributed by atoms with van der Waals surface area (Å²) >= 11 is 5.64. The van der Waals surface area contributed by atoms with Crippen molar-refractivity contribution in [3.63, 3.8) is 0 Å². The Morgan fingerprint density at radius 2 is 2.38 bits per heavy atom. The molecule has 1 atom stereocenters. The molecule has 0 N–H and O–H groups in total. The van der Waals surface area contributed by atoms with Crippen LogP contribution >= 0.6 is 11.6 Å². The van der Waals surface area contributed by atoms with Crippen LogP contribution in [0.2, 0.25) is 0 Å². The molecular weight excluding hydrogens is 190 g/mol. The Labute approximate surface area is 82.7 Å². The van der Waals surface area contributed by atoms with Crippen molar-refractivity contribution in [3.05, 3.63) is 0 Å². The normalized spacial score (nSPS) is 19.9. The van der Waals surface area contributed by atoms with Crippen molar-refractivity contribution in [2.75, 3.05) is 26.7 Å². The molecule has 72 valence electrons. The second-order valence-corrected chi connectivity index (χ2v) is 3.63. The van der Waals surface area contributed by atoms with Crippen LogP contribution in [0, 0.1) is 11.3 Å². The number of rotatable bonds is 2. The maximum Gasteiger partial charge on any atom is 0.319 e. The highest BCUT2D eigenvalue weighted by molar-refractivity contribution is 6.22. The minimum Gasteiger partial charge on any atom is -0.328 e. The molecule has 0 aromatic carbocycles. The Bertz CT molecular complexity index is 238. The van der Waals surface area contributed by atoms with Gasteiger partial charge in [0.25, 0.3) is 0 Å². The van der Waals surface area contributed by atoms with Crippen molar-refractivity contribution < 1.29 is 4.79 Å². The number of alkyl halides is 1. The van der Waals surface area contributed by atoms with Crippen LogP contribution in [0.15, 0.2) is 0 Å². The number of carbonyl (C=O) groups is 1. The summed E-state index contributed by atoms with van der Waals surface area (Å²) in [7, 11) is 1.75. The minimum absolute atomic E-state index is 0.0350. The van der Waals surface area contributed by atoms with Crippen LogP contribution in [-0.2, 0) is 0 Å². The zero-order chi connectivity index (χ0) is 9.84. The first-order valence-corrected chi connectivity index (χ1v) is 4.62. The lowest BCUT2D eigenvalue weighted by molar-refractivity contribution is 0.143. The molecule has 0 radical (unpaired) electrons. The summed E-state index contributed by atoms with van der Waals surface area (Å²) in [6, 6.07) is 1.87. The Kier molecular flexibility index (Phi) is 3.38. The third-order valence-electron chi connectivity index (χ3n) is 2.04. The van der Waals surface area contributed by atoms with E-state index in [1.165, 1.54) is 0 Å². The summed E-state index contributed by atoms with van der Waals surface area (Å²) in [5, 5.41) is 7.88. The topological polar surface area (TPSA) is 47.3 Å². The fourth-order valence-electron chi connectivity index (χ4n) is 1.34. The van der Waals surface area contributed by atoms with Crippen LogP contribution in [-0.4, -0.2) is 47.9 Å². The average Bonchev–Trinajstić information content (AvgIpc) is 2.13. The van der Waals surface area contributed by atoms with Gasteiger partial charge in [-0.2, -0.15) is 5.26 Å². The molecule has 2 amide bonds. The third-order valence-corrected chi connectivity index (χ3v) is 2.27. The molecule has 1 aliphatic rings. The smallest absolute Gasteiger partial charge is 0.319 e. The van der Waals surface area contributed by atoms with Gasteiger partial charge in [-0.15, -0.1) is 11.6 Å². The maximum absolute atomic E-state index is 11.5. The molecule has 1 fully saturated rings. The monoisotopic (exact) mass is 201 g/mol. The molecule has 1 unspecified atom stereocenters. The van der Waals surface area contributed by atoms with Gasteiger partial charge in [0.05, 0.1) is 12.6 Å². The van der Waals surface area contributed by atoms with Gasteiger partial charge in [-0.1, -0.05) is 0 Å². The molecule has 0 aromatic rings. The van der Waals surface area contributed by atoms with E-state index < -0.39 is 5.38 Å². The van der Waals surface area contributed by atoms with E-state index in [4.69, 9.17) is 16.9 Å². The van der Waals surface area contributed by atoms with Crippen LogP contribution in [0.3, 0.4) is 0 Å². The molecular formula is C8H12ClN3O. The number of hydrogen-bond acceptors (Lipinski definition) is 2. The predicted molar refractivity (Wildman–Crippen MR) is 49.5 cm³/mol.